The number of carbonyl (C=O) groups is 1. The van der Waals surface area contributed by atoms with Gasteiger partial charge in [-0.15, -0.1) is 0 Å². The first kappa shape index (κ1) is 57.0. The van der Waals surface area contributed by atoms with Gasteiger partial charge in [0.1, 0.15) is 13.2 Å². The summed E-state index contributed by atoms with van der Waals surface area (Å²) in [4.78, 5) is 23.1. The van der Waals surface area contributed by atoms with Gasteiger partial charge >= 0.3 is 7.82 Å². The molecule has 0 saturated carbocycles. The number of unbranched alkanes of at least 4 members (excludes halogenated alkanes) is 30. The van der Waals surface area contributed by atoms with E-state index in [0.717, 1.165) is 38.5 Å². The van der Waals surface area contributed by atoms with E-state index in [-0.39, 0.29) is 19.1 Å². The molecule has 344 valence electrons. The Labute approximate surface area is 360 Å². The number of hydrogen-bond acceptors (Lipinski definition) is 5. The monoisotopic (exact) mass is 842 g/mol. The number of rotatable bonds is 45. The Balaban J connectivity index is 4.04. The van der Waals surface area contributed by atoms with Gasteiger partial charge in [-0.05, 0) is 32.1 Å². The van der Waals surface area contributed by atoms with E-state index in [2.05, 4.69) is 31.3 Å². The summed E-state index contributed by atoms with van der Waals surface area (Å²) in [6.07, 6.45) is 50.0. The molecule has 0 aliphatic rings. The molecule has 0 aromatic heterocycles. The molecule has 8 nitrogen and oxygen atoms in total. The Morgan fingerprint density at radius 3 is 1.38 bits per heavy atom. The molecule has 9 heteroatoms. The van der Waals surface area contributed by atoms with Crippen LogP contribution in [0.4, 0.5) is 0 Å². The van der Waals surface area contributed by atoms with Gasteiger partial charge in [0.05, 0.1) is 39.9 Å². The molecule has 0 aromatic rings. The number of carbonyl (C=O) groups excluding carboxylic acids is 1. The molecule has 0 spiro atoms. The summed E-state index contributed by atoms with van der Waals surface area (Å²) in [5.41, 5.74) is 0. The number of nitrogens with zero attached hydrogens (tertiary/aromatic N) is 1. The molecule has 0 saturated heterocycles. The Kier molecular flexibility index (Phi) is 40.6. The number of quaternary nitrogens is 1. The summed E-state index contributed by atoms with van der Waals surface area (Å²) in [7, 11) is 1.56. The lowest BCUT2D eigenvalue weighted by atomic mass is 10.0. The zero-order valence-electron chi connectivity index (χ0n) is 39.0. The van der Waals surface area contributed by atoms with Gasteiger partial charge < -0.3 is 19.8 Å². The van der Waals surface area contributed by atoms with E-state index in [1.807, 2.05) is 27.2 Å². The molecular formula is C49H98N2O6P+. The van der Waals surface area contributed by atoms with Crippen LogP contribution in [0.15, 0.2) is 24.3 Å². The highest BCUT2D eigenvalue weighted by molar-refractivity contribution is 7.47. The average molecular weight is 842 g/mol. The number of aliphatic hydroxyl groups excluding tert-OH is 1. The molecule has 58 heavy (non-hydrogen) atoms. The zero-order valence-corrected chi connectivity index (χ0v) is 39.9. The average Bonchev–Trinajstić information content (AvgIpc) is 3.17. The van der Waals surface area contributed by atoms with Gasteiger partial charge in [-0.1, -0.05) is 218 Å². The summed E-state index contributed by atoms with van der Waals surface area (Å²) in [6, 6.07) is -0.857. The summed E-state index contributed by atoms with van der Waals surface area (Å²) in [5, 5.41) is 13.7. The Morgan fingerprint density at radius 1 is 0.569 bits per heavy atom. The van der Waals surface area contributed by atoms with Crippen molar-refractivity contribution in [3.63, 3.8) is 0 Å². The number of nitrogens with one attached hydrogen (secondary N) is 1. The third kappa shape index (κ3) is 43.1. The van der Waals surface area contributed by atoms with E-state index < -0.39 is 20.0 Å². The van der Waals surface area contributed by atoms with E-state index in [4.69, 9.17) is 9.05 Å². The van der Waals surface area contributed by atoms with Crippen LogP contribution in [0.3, 0.4) is 0 Å². The molecule has 0 radical (unpaired) electrons. The fraction of sp³-hybridized carbons (Fsp3) is 0.898. The highest BCUT2D eigenvalue weighted by atomic mass is 31.2. The van der Waals surface area contributed by atoms with E-state index >= 15 is 0 Å². The summed E-state index contributed by atoms with van der Waals surface area (Å²) in [6.45, 7) is 4.76. The number of amides is 1. The second-order valence-corrected chi connectivity index (χ2v) is 19.6. The lowest BCUT2D eigenvalue weighted by Gasteiger charge is -2.25. The van der Waals surface area contributed by atoms with Crippen molar-refractivity contribution in [1.29, 1.82) is 0 Å². The first-order valence-electron chi connectivity index (χ1n) is 24.7. The van der Waals surface area contributed by atoms with Crippen LogP contribution < -0.4 is 5.32 Å². The van der Waals surface area contributed by atoms with Crippen LogP contribution in [0.25, 0.3) is 0 Å². The van der Waals surface area contributed by atoms with E-state index in [1.54, 1.807) is 6.08 Å². The van der Waals surface area contributed by atoms with Crippen LogP contribution in [-0.2, 0) is 18.4 Å². The maximum absolute atomic E-state index is 12.9. The number of likely N-dealkylation sites (N-methyl/N-ethyl adjacent to an activating group) is 1. The topological polar surface area (TPSA) is 105 Å². The van der Waals surface area contributed by atoms with Crippen LogP contribution in [0.2, 0.25) is 0 Å². The van der Waals surface area contributed by atoms with Gasteiger partial charge in [0.25, 0.3) is 0 Å². The smallest absolute Gasteiger partial charge is 0.387 e. The number of phosphoric ester groups is 1. The quantitative estimate of drug-likeness (QED) is 0.0244. The second kappa shape index (κ2) is 41.3. The largest absolute Gasteiger partial charge is 0.472 e. The predicted molar refractivity (Wildman–Crippen MR) is 249 cm³/mol. The fourth-order valence-corrected chi connectivity index (χ4v) is 7.97. The standard InChI is InChI=1S/C49H97N2O6P/c1-6-8-10-12-14-16-17-18-19-20-21-22-23-24-25-26-27-28-29-30-31-32-33-35-37-39-41-43-49(53)50-47(46-57-58(54,55)56-45-44-51(3,4)5)48(52)42-40-38-36-34-15-13-11-9-7-2/h15,34,40,42,47-48,52H,6-14,16-33,35-39,41,43-46H2,1-5H3,(H-,50,53,54,55)/p+1/b34-15+,42-40+. The van der Waals surface area contributed by atoms with Crippen LogP contribution >= 0.6 is 7.82 Å². The van der Waals surface area contributed by atoms with Crippen LogP contribution in [0.1, 0.15) is 232 Å². The molecule has 1 amide bonds. The minimum atomic E-state index is -4.34. The van der Waals surface area contributed by atoms with Crippen molar-refractivity contribution < 1.29 is 32.9 Å². The first-order valence-corrected chi connectivity index (χ1v) is 26.2. The van der Waals surface area contributed by atoms with Crippen molar-refractivity contribution in [1.82, 2.24) is 5.32 Å². The third-order valence-corrected chi connectivity index (χ3v) is 12.2. The van der Waals surface area contributed by atoms with E-state index in [9.17, 15) is 19.4 Å². The fourth-order valence-electron chi connectivity index (χ4n) is 7.23. The van der Waals surface area contributed by atoms with Crippen molar-refractivity contribution >= 4 is 13.7 Å². The zero-order chi connectivity index (χ0) is 42.8. The predicted octanol–water partition coefficient (Wildman–Crippen LogP) is 14.1. The normalized spacial score (nSPS) is 14.4. The minimum absolute atomic E-state index is 0.0579. The van der Waals surface area contributed by atoms with Gasteiger partial charge in [-0.2, -0.15) is 0 Å². The molecule has 0 aromatic carbocycles. The van der Waals surface area contributed by atoms with Gasteiger partial charge in [0, 0.05) is 6.42 Å². The Hall–Kier alpha value is -1.02. The lowest BCUT2D eigenvalue weighted by Crippen LogP contribution is -2.45. The molecule has 0 aliphatic carbocycles. The SMILES string of the molecule is CCCCC/C=C/CC/C=C/C(O)C(COP(=O)(O)OCC[N+](C)(C)C)NC(=O)CCCCCCCCCCCCCCCCCCCCCCCCCCCCC. The lowest BCUT2D eigenvalue weighted by molar-refractivity contribution is -0.870. The maximum Gasteiger partial charge on any atom is 0.472 e. The highest BCUT2D eigenvalue weighted by Gasteiger charge is 2.27. The molecule has 0 heterocycles. The number of aliphatic hydroxyl groups is 1. The van der Waals surface area contributed by atoms with Crippen molar-refractivity contribution in [2.24, 2.45) is 0 Å². The first-order chi connectivity index (χ1) is 28.0. The Bertz CT molecular complexity index is 1000. The molecule has 0 rings (SSSR count). The number of allylic oxidation sites excluding steroid dienone is 3. The number of phosphoric acid groups is 1. The second-order valence-electron chi connectivity index (χ2n) is 18.2. The summed E-state index contributed by atoms with van der Waals surface area (Å²) >= 11 is 0. The van der Waals surface area contributed by atoms with Crippen LogP contribution in [0.5, 0.6) is 0 Å². The van der Waals surface area contributed by atoms with Gasteiger partial charge in [-0.3, -0.25) is 13.8 Å². The molecule has 0 aliphatic heterocycles. The van der Waals surface area contributed by atoms with Crippen molar-refractivity contribution in [3.05, 3.63) is 24.3 Å². The summed E-state index contributed by atoms with van der Waals surface area (Å²) < 4.78 is 23.5. The van der Waals surface area contributed by atoms with Crippen LogP contribution in [0, 0.1) is 0 Å². The molecule has 3 N–H and O–H groups in total. The third-order valence-electron chi connectivity index (χ3n) is 11.2. The minimum Gasteiger partial charge on any atom is -0.387 e. The number of hydrogen-bond donors (Lipinski definition) is 3. The van der Waals surface area contributed by atoms with Gasteiger partial charge in [-0.25, -0.2) is 4.57 Å². The molecule has 0 fully saturated rings. The van der Waals surface area contributed by atoms with E-state index in [0.29, 0.717) is 17.4 Å². The van der Waals surface area contributed by atoms with Crippen molar-refractivity contribution in [2.45, 2.75) is 244 Å². The summed E-state index contributed by atoms with van der Waals surface area (Å²) in [5.74, 6) is -0.186. The highest BCUT2D eigenvalue weighted by Crippen LogP contribution is 2.43. The maximum atomic E-state index is 12.9. The van der Waals surface area contributed by atoms with Gasteiger partial charge in [0.15, 0.2) is 0 Å². The Morgan fingerprint density at radius 2 is 0.948 bits per heavy atom. The molecular weight excluding hydrogens is 744 g/mol. The molecule has 3 atom stereocenters. The van der Waals surface area contributed by atoms with E-state index in [1.165, 1.54) is 173 Å². The molecule has 0 bridgehead atoms. The van der Waals surface area contributed by atoms with Crippen LogP contribution in [-0.4, -0.2) is 73.4 Å². The van der Waals surface area contributed by atoms with Gasteiger partial charge in [0.2, 0.25) is 5.91 Å². The molecule has 3 unspecified atom stereocenters. The van der Waals surface area contributed by atoms with Crippen molar-refractivity contribution in [3.8, 4) is 0 Å². The van der Waals surface area contributed by atoms with Crippen molar-refractivity contribution in [2.75, 3.05) is 40.9 Å².